The maximum absolute atomic E-state index is 13.3. The molecule has 172 valence electrons. The van der Waals surface area contributed by atoms with Gasteiger partial charge in [-0.3, -0.25) is 19.3 Å². The summed E-state index contributed by atoms with van der Waals surface area (Å²) in [5.41, 5.74) is 1.78. The molecule has 2 N–H and O–H groups in total. The fraction of sp³-hybridized carbons (Fsp3) is 0.360. The third-order valence-electron chi connectivity index (χ3n) is 6.42. The van der Waals surface area contributed by atoms with Gasteiger partial charge in [0.2, 0.25) is 5.91 Å². The Morgan fingerprint density at radius 1 is 1.06 bits per heavy atom. The minimum Gasteiger partial charge on any atom is -0.339 e. The predicted molar refractivity (Wildman–Crippen MR) is 124 cm³/mol. The average Bonchev–Trinajstić information content (AvgIpc) is 3.05. The number of nitrogens with zero attached hydrogens (tertiary/aromatic N) is 2. The molecule has 4 rings (SSSR count). The molecule has 8 nitrogen and oxygen atoms in total. The molecule has 2 aromatic carbocycles. The molecule has 1 heterocycles. The predicted octanol–water partition coefficient (Wildman–Crippen LogP) is 2.89. The van der Waals surface area contributed by atoms with E-state index in [2.05, 4.69) is 10.6 Å². The van der Waals surface area contributed by atoms with Crippen LogP contribution in [0.3, 0.4) is 0 Å². The quantitative estimate of drug-likeness (QED) is 0.664. The van der Waals surface area contributed by atoms with E-state index in [1.54, 1.807) is 29.2 Å². The van der Waals surface area contributed by atoms with Crippen molar-refractivity contribution in [2.24, 2.45) is 0 Å². The zero-order valence-electron chi connectivity index (χ0n) is 18.9. The molecule has 1 atom stereocenters. The van der Waals surface area contributed by atoms with Crippen LogP contribution in [-0.2, 0) is 21.5 Å². The van der Waals surface area contributed by atoms with Gasteiger partial charge in [-0.15, -0.1) is 0 Å². The van der Waals surface area contributed by atoms with Gasteiger partial charge < -0.3 is 15.5 Å². The van der Waals surface area contributed by atoms with Crippen molar-refractivity contribution in [2.75, 3.05) is 25.0 Å². The van der Waals surface area contributed by atoms with Crippen LogP contribution in [-0.4, -0.2) is 53.2 Å². The fourth-order valence-corrected chi connectivity index (χ4v) is 4.69. The molecule has 33 heavy (non-hydrogen) atoms. The molecule has 1 spiro atoms. The first-order valence-electron chi connectivity index (χ1n) is 11.3. The second kappa shape index (κ2) is 9.05. The lowest BCUT2D eigenvalue weighted by atomic mass is 9.76. The third-order valence-corrected chi connectivity index (χ3v) is 6.42. The van der Waals surface area contributed by atoms with Gasteiger partial charge >= 0.3 is 6.03 Å². The highest BCUT2D eigenvalue weighted by Crippen LogP contribution is 2.39. The van der Waals surface area contributed by atoms with Crippen molar-refractivity contribution in [1.82, 2.24) is 15.1 Å². The van der Waals surface area contributed by atoms with Crippen molar-refractivity contribution in [1.29, 1.82) is 0 Å². The van der Waals surface area contributed by atoms with Crippen LogP contribution in [0.1, 0.15) is 48.2 Å². The number of anilines is 1. The van der Waals surface area contributed by atoms with E-state index in [1.165, 1.54) is 0 Å². The van der Waals surface area contributed by atoms with Gasteiger partial charge in [0, 0.05) is 24.3 Å². The van der Waals surface area contributed by atoms with Gasteiger partial charge in [0.05, 0.1) is 0 Å². The van der Waals surface area contributed by atoms with Gasteiger partial charge in [0.1, 0.15) is 12.1 Å². The smallest absolute Gasteiger partial charge is 0.325 e. The molecule has 0 radical (unpaired) electrons. The molecule has 1 fully saturated rings. The molecule has 0 bridgehead atoms. The molecule has 1 saturated heterocycles. The topological polar surface area (TPSA) is 98.8 Å². The number of hydrogen-bond acceptors (Lipinski definition) is 4. The highest BCUT2D eigenvalue weighted by molar-refractivity contribution is 6.10. The summed E-state index contributed by atoms with van der Waals surface area (Å²) >= 11 is 0. The van der Waals surface area contributed by atoms with Crippen LogP contribution in [0.5, 0.6) is 0 Å². The minimum absolute atomic E-state index is 0.0738. The molecule has 0 aromatic heterocycles. The number of carbonyl (C=O) groups is 4. The Hall–Kier alpha value is -3.68. The summed E-state index contributed by atoms with van der Waals surface area (Å²) in [4.78, 5) is 53.7. The molecular weight excluding hydrogens is 420 g/mol. The minimum atomic E-state index is -1.10. The number of carbonyl (C=O) groups excluding carboxylic acids is 4. The number of nitrogens with one attached hydrogen (secondary N) is 2. The molecule has 1 aliphatic carbocycles. The van der Waals surface area contributed by atoms with E-state index in [-0.39, 0.29) is 12.5 Å². The Morgan fingerprint density at radius 3 is 2.45 bits per heavy atom. The van der Waals surface area contributed by atoms with Crippen LogP contribution in [0.15, 0.2) is 48.5 Å². The van der Waals surface area contributed by atoms with Crippen LogP contribution >= 0.6 is 0 Å². The Bertz CT molecular complexity index is 1090. The summed E-state index contributed by atoms with van der Waals surface area (Å²) in [5, 5.41) is 5.56. The molecule has 8 heteroatoms. The van der Waals surface area contributed by atoms with Gasteiger partial charge in [0.15, 0.2) is 0 Å². The number of rotatable bonds is 6. The number of fused-ring (bicyclic) bond motifs is 2. The molecule has 0 saturated carbocycles. The Kier molecular flexibility index (Phi) is 6.18. The standard InChI is InChI=1S/C25H28N4O4/c1-3-28(4-2)22(31)18-11-13-19(14-12-18)26-21(30)16-29-23(32)25(27-24(29)33)15-7-9-17-8-5-6-10-20(17)25/h5-6,8,10-14H,3-4,7,9,15-16H2,1-2H3,(H,26,30)(H,27,33). The third kappa shape index (κ3) is 4.08. The number of imide groups is 1. The van der Waals surface area contributed by atoms with Gasteiger partial charge in [-0.1, -0.05) is 24.3 Å². The van der Waals surface area contributed by atoms with Gasteiger partial charge in [0.25, 0.3) is 11.8 Å². The lowest BCUT2D eigenvalue weighted by molar-refractivity contribution is -0.134. The summed E-state index contributed by atoms with van der Waals surface area (Å²) in [7, 11) is 0. The first kappa shape index (κ1) is 22.5. The van der Waals surface area contributed by atoms with Crippen LogP contribution < -0.4 is 10.6 Å². The van der Waals surface area contributed by atoms with Gasteiger partial charge in [-0.25, -0.2) is 4.79 Å². The van der Waals surface area contributed by atoms with Crippen molar-refractivity contribution < 1.29 is 19.2 Å². The van der Waals surface area contributed by atoms with E-state index in [0.717, 1.165) is 28.9 Å². The summed E-state index contributed by atoms with van der Waals surface area (Å²) in [6, 6.07) is 13.6. The van der Waals surface area contributed by atoms with Crippen LogP contribution in [0, 0.1) is 0 Å². The molecule has 2 aliphatic rings. The van der Waals surface area contributed by atoms with Crippen molar-refractivity contribution in [3.63, 3.8) is 0 Å². The summed E-state index contributed by atoms with van der Waals surface area (Å²) in [6.07, 6.45) is 2.14. The highest BCUT2D eigenvalue weighted by Gasteiger charge is 2.54. The number of benzene rings is 2. The maximum Gasteiger partial charge on any atom is 0.325 e. The van der Waals surface area contributed by atoms with E-state index in [4.69, 9.17) is 0 Å². The maximum atomic E-state index is 13.3. The first-order chi connectivity index (χ1) is 15.9. The first-order valence-corrected chi connectivity index (χ1v) is 11.3. The van der Waals surface area contributed by atoms with E-state index < -0.39 is 23.4 Å². The number of amides is 5. The Labute approximate surface area is 192 Å². The Morgan fingerprint density at radius 2 is 1.76 bits per heavy atom. The lowest BCUT2D eigenvalue weighted by Gasteiger charge is -2.33. The lowest BCUT2D eigenvalue weighted by Crippen LogP contribution is -2.47. The number of aryl methyl sites for hydroxylation is 1. The highest BCUT2D eigenvalue weighted by atomic mass is 16.2. The van der Waals surface area contributed by atoms with Crippen LogP contribution in [0.2, 0.25) is 0 Å². The molecule has 5 amide bonds. The van der Waals surface area contributed by atoms with E-state index in [0.29, 0.717) is 30.8 Å². The molecule has 1 unspecified atom stereocenters. The van der Waals surface area contributed by atoms with Crippen LogP contribution in [0.25, 0.3) is 0 Å². The second-order valence-electron chi connectivity index (χ2n) is 8.34. The van der Waals surface area contributed by atoms with E-state index >= 15 is 0 Å². The van der Waals surface area contributed by atoms with Crippen molar-refractivity contribution in [3.05, 3.63) is 65.2 Å². The summed E-state index contributed by atoms with van der Waals surface area (Å²) in [5.74, 6) is -0.951. The van der Waals surface area contributed by atoms with Gasteiger partial charge in [-0.05, 0) is 68.5 Å². The number of hydrogen-bond donors (Lipinski definition) is 2. The fourth-order valence-electron chi connectivity index (χ4n) is 4.69. The number of urea groups is 1. The average molecular weight is 449 g/mol. The summed E-state index contributed by atoms with van der Waals surface area (Å²) < 4.78 is 0. The molecular formula is C25H28N4O4. The SMILES string of the molecule is CCN(CC)C(=O)c1ccc(NC(=O)CN2C(=O)NC3(CCCc4ccccc43)C2=O)cc1. The van der Waals surface area contributed by atoms with Crippen LogP contribution in [0.4, 0.5) is 10.5 Å². The Balaban J connectivity index is 1.44. The second-order valence-corrected chi connectivity index (χ2v) is 8.34. The summed E-state index contributed by atoms with van der Waals surface area (Å²) in [6.45, 7) is 4.69. The normalized spacial score (nSPS) is 19.3. The molecule has 1 aliphatic heterocycles. The molecule has 2 aromatic rings. The van der Waals surface area contributed by atoms with Crippen molar-refractivity contribution in [2.45, 2.75) is 38.6 Å². The van der Waals surface area contributed by atoms with E-state index in [9.17, 15) is 19.2 Å². The van der Waals surface area contributed by atoms with Crippen molar-refractivity contribution >= 4 is 29.4 Å². The van der Waals surface area contributed by atoms with Crippen molar-refractivity contribution in [3.8, 4) is 0 Å². The zero-order chi connectivity index (χ0) is 23.6. The monoisotopic (exact) mass is 448 g/mol. The largest absolute Gasteiger partial charge is 0.339 e. The zero-order valence-corrected chi connectivity index (χ0v) is 18.9. The van der Waals surface area contributed by atoms with E-state index in [1.807, 2.05) is 38.1 Å². The van der Waals surface area contributed by atoms with Gasteiger partial charge in [-0.2, -0.15) is 0 Å².